The number of methoxy groups -OCH3 is 1. The summed E-state index contributed by atoms with van der Waals surface area (Å²) >= 11 is 1.27. The summed E-state index contributed by atoms with van der Waals surface area (Å²) in [4.78, 5) is 26.5. The number of hydrogen-bond donors (Lipinski definition) is 1. The molecule has 3 aromatic heterocycles. The Balaban J connectivity index is 1.47. The molecule has 1 amide bonds. The summed E-state index contributed by atoms with van der Waals surface area (Å²) in [7, 11) is 1.41. The number of pyridine rings is 2. The van der Waals surface area contributed by atoms with Crippen molar-refractivity contribution in [2.24, 2.45) is 0 Å². The van der Waals surface area contributed by atoms with Crippen LogP contribution in [0.5, 0.6) is 5.75 Å². The van der Waals surface area contributed by atoms with E-state index in [0.717, 1.165) is 10.9 Å². The Hall–Kier alpha value is -4.17. The number of hydrogen-bond acceptors (Lipinski definition) is 6. The smallest absolute Gasteiger partial charge is 0.258 e. The van der Waals surface area contributed by atoms with Crippen LogP contribution in [0.4, 0.5) is 9.52 Å². The van der Waals surface area contributed by atoms with E-state index in [2.05, 4.69) is 20.3 Å². The van der Waals surface area contributed by atoms with Crippen molar-refractivity contribution in [1.29, 1.82) is 0 Å². The predicted molar refractivity (Wildman–Crippen MR) is 127 cm³/mol. The molecule has 5 rings (SSSR count). The lowest BCUT2D eigenvalue weighted by atomic mass is 10.0. The summed E-state index contributed by atoms with van der Waals surface area (Å²) in [6.07, 6.45) is 3.40. The number of thiazole rings is 1. The van der Waals surface area contributed by atoms with Crippen molar-refractivity contribution in [2.75, 3.05) is 12.4 Å². The second-order valence-electron chi connectivity index (χ2n) is 7.16. The molecule has 0 saturated heterocycles. The fraction of sp³-hybridized carbons (Fsp3) is 0.0400. The van der Waals surface area contributed by atoms with Gasteiger partial charge in [-0.25, -0.2) is 14.4 Å². The van der Waals surface area contributed by atoms with Crippen LogP contribution in [0.3, 0.4) is 0 Å². The van der Waals surface area contributed by atoms with Crippen LogP contribution in [-0.2, 0) is 0 Å². The van der Waals surface area contributed by atoms with Crippen molar-refractivity contribution in [3.8, 4) is 28.3 Å². The quantitative estimate of drug-likeness (QED) is 0.361. The summed E-state index contributed by atoms with van der Waals surface area (Å²) in [5, 5.41) is 5.77. The Bertz CT molecular complexity index is 1470. The van der Waals surface area contributed by atoms with Crippen molar-refractivity contribution in [2.45, 2.75) is 0 Å². The number of carbonyl (C=O) groups is 1. The molecule has 2 aromatic carbocycles. The van der Waals surface area contributed by atoms with Crippen LogP contribution in [0.25, 0.3) is 33.4 Å². The maximum absolute atomic E-state index is 14.1. The number of nitrogens with zero attached hydrogens (tertiary/aromatic N) is 3. The second kappa shape index (κ2) is 8.76. The monoisotopic (exact) mass is 456 g/mol. The zero-order valence-electron chi connectivity index (χ0n) is 17.4. The molecular formula is C25H17FN4O2S. The standard InChI is InChI=1S/C25H17FN4O2S/c1-32-23-9-8-15(11-19(23)26)22-14-33-25(29-22)30-24(31)18-12-21(16-5-4-10-27-13-16)28-20-7-3-2-6-17(18)20/h2-14H,1H3,(H,29,30,31). The zero-order chi connectivity index (χ0) is 22.8. The number of halogens is 1. The number of benzene rings is 2. The Kier molecular flexibility index (Phi) is 5.50. The van der Waals surface area contributed by atoms with Crippen LogP contribution in [0, 0.1) is 5.82 Å². The van der Waals surface area contributed by atoms with Gasteiger partial charge in [0.1, 0.15) is 0 Å². The molecule has 8 heteroatoms. The largest absolute Gasteiger partial charge is 0.494 e. The van der Waals surface area contributed by atoms with Gasteiger partial charge in [-0.3, -0.25) is 15.1 Å². The summed E-state index contributed by atoms with van der Waals surface area (Å²) in [5.41, 5.74) is 3.81. The van der Waals surface area contributed by atoms with E-state index in [-0.39, 0.29) is 11.7 Å². The van der Waals surface area contributed by atoms with E-state index in [1.54, 1.807) is 36.0 Å². The minimum absolute atomic E-state index is 0.163. The first-order chi connectivity index (χ1) is 16.1. The summed E-state index contributed by atoms with van der Waals surface area (Å²) in [6, 6.07) is 17.6. The first-order valence-electron chi connectivity index (χ1n) is 10.0. The van der Waals surface area contributed by atoms with Gasteiger partial charge in [0.2, 0.25) is 0 Å². The Morgan fingerprint density at radius 3 is 2.67 bits per heavy atom. The van der Waals surface area contributed by atoms with Crippen LogP contribution in [0.1, 0.15) is 10.4 Å². The van der Waals surface area contributed by atoms with Gasteiger partial charge in [-0.05, 0) is 42.5 Å². The van der Waals surface area contributed by atoms with Crippen LogP contribution < -0.4 is 10.1 Å². The molecule has 0 fully saturated rings. The Labute approximate surface area is 192 Å². The first kappa shape index (κ1) is 20.7. The third-order valence-corrected chi connectivity index (χ3v) is 5.85. The highest BCUT2D eigenvalue weighted by molar-refractivity contribution is 7.14. The molecule has 0 spiro atoms. The number of amides is 1. The third-order valence-electron chi connectivity index (χ3n) is 5.09. The van der Waals surface area contributed by atoms with E-state index in [1.807, 2.05) is 36.4 Å². The normalized spacial score (nSPS) is 10.8. The van der Waals surface area contributed by atoms with Crippen molar-refractivity contribution in [3.05, 3.63) is 89.8 Å². The van der Waals surface area contributed by atoms with Gasteiger partial charge in [-0.2, -0.15) is 0 Å². The molecule has 5 aromatic rings. The lowest BCUT2D eigenvalue weighted by Gasteiger charge is -2.09. The van der Waals surface area contributed by atoms with Crippen LogP contribution >= 0.6 is 11.3 Å². The van der Waals surface area contributed by atoms with E-state index < -0.39 is 5.82 Å². The van der Waals surface area contributed by atoms with Crippen molar-refractivity contribution < 1.29 is 13.9 Å². The number of para-hydroxylation sites is 1. The minimum Gasteiger partial charge on any atom is -0.494 e. The molecule has 0 radical (unpaired) electrons. The molecule has 0 aliphatic heterocycles. The SMILES string of the molecule is COc1ccc(-c2csc(NC(=O)c3cc(-c4cccnc4)nc4ccccc34)n2)cc1F. The number of anilines is 1. The maximum atomic E-state index is 14.1. The van der Waals surface area contributed by atoms with Gasteiger partial charge in [-0.1, -0.05) is 18.2 Å². The van der Waals surface area contributed by atoms with Crippen molar-refractivity contribution in [3.63, 3.8) is 0 Å². The number of carbonyl (C=O) groups excluding carboxylic acids is 1. The number of fused-ring (bicyclic) bond motifs is 1. The zero-order valence-corrected chi connectivity index (χ0v) is 18.3. The van der Waals surface area contributed by atoms with Crippen LogP contribution in [0.2, 0.25) is 0 Å². The highest BCUT2D eigenvalue weighted by atomic mass is 32.1. The third kappa shape index (κ3) is 4.16. The second-order valence-corrected chi connectivity index (χ2v) is 8.01. The first-order valence-corrected chi connectivity index (χ1v) is 10.9. The molecule has 6 nitrogen and oxygen atoms in total. The number of aromatic nitrogens is 3. The fourth-order valence-electron chi connectivity index (χ4n) is 3.48. The fourth-order valence-corrected chi connectivity index (χ4v) is 4.19. The topological polar surface area (TPSA) is 77.0 Å². The predicted octanol–water partition coefficient (Wildman–Crippen LogP) is 5.82. The number of rotatable bonds is 5. The molecule has 3 heterocycles. The Morgan fingerprint density at radius 1 is 1.00 bits per heavy atom. The summed E-state index contributed by atoms with van der Waals surface area (Å²) in [6.45, 7) is 0. The van der Waals surface area contributed by atoms with Gasteiger partial charge in [0.15, 0.2) is 16.7 Å². The van der Waals surface area contributed by atoms with Gasteiger partial charge in [0.25, 0.3) is 5.91 Å². The van der Waals surface area contributed by atoms with Crippen LogP contribution in [0.15, 0.2) is 78.4 Å². The molecule has 0 aliphatic carbocycles. The highest BCUT2D eigenvalue weighted by Gasteiger charge is 2.16. The summed E-state index contributed by atoms with van der Waals surface area (Å²) < 4.78 is 19.0. The Morgan fingerprint density at radius 2 is 1.88 bits per heavy atom. The molecule has 162 valence electrons. The average Bonchev–Trinajstić information content (AvgIpc) is 3.32. The van der Waals surface area contributed by atoms with Gasteiger partial charge in [0.05, 0.1) is 29.6 Å². The molecule has 0 bridgehead atoms. The van der Waals surface area contributed by atoms with Gasteiger partial charge in [0, 0.05) is 34.3 Å². The molecule has 0 atom stereocenters. The van der Waals surface area contributed by atoms with Gasteiger partial charge < -0.3 is 4.74 Å². The maximum Gasteiger partial charge on any atom is 0.258 e. The van der Waals surface area contributed by atoms with Crippen molar-refractivity contribution in [1.82, 2.24) is 15.0 Å². The highest BCUT2D eigenvalue weighted by Crippen LogP contribution is 2.30. The lowest BCUT2D eigenvalue weighted by Crippen LogP contribution is -2.13. The lowest BCUT2D eigenvalue weighted by molar-refractivity contribution is 0.102. The molecule has 0 saturated carbocycles. The molecule has 0 unspecified atom stereocenters. The minimum atomic E-state index is -0.472. The van der Waals surface area contributed by atoms with Crippen LogP contribution in [-0.4, -0.2) is 28.0 Å². The van der Waals surface area contributed by atoms with Gasteiger partial charge >= 0.3 is 0 Å². The van der Waals surface area contributed by atoms with E-state index in [4.69, 9.17) is 4.74 Å². The van der Waals surface area contributed by atoms with Gasteiger partial charge in [-0.15, -0.1) is 11.3 Å². The molecular weight excluding hydrogens is 439 g/mol. The van der Waals surface area contributed by atoms with E-state index in [0.29, 0.717) is 33.2 Å². The van der Waals surface area contributed by atoms with E-state index in [1.165, 1.54) is 24.5 Å². The average molecular weight is 457 g/mol. The molecule has 33 heavy (non-hydrogen) atoms. The van der Waals surface area contributed by atoms with Crippen molar-refractivity contribution >= 4 is 33.3 Å². The van der Waals surface area contributed by atoms with E-state index in [9.17, 15) is 9.18 Å². The summed E-state index contributed by atoms with van der Waals surface area (Å²) in [5.74, 6) is -0.614. The number of nitrogens with one attached hydrogen (secondary N) is 1. The number of ether oxygens (including phenoxy) is 1. The molecule has 1 N–H and O–H groups in total. The van der Waals surface area contributed by atoms with E-state index >= 15 is 0 Å². The molecule has 0 aliphatic rings.